The number of aromatic nitrogens is 3. The standard InChI is InChI=1S/C15H15F3N4O/c1-9-8-20-14-13(19-5-2-6-23)21-11-7-10(15(16,17)18)3-4-12(11)22(9)14/h3-4,7-8,23H,2,5-6H2,1H3,(H,19,21). The molecule has 0 amide bonds. The Bertz CT molecular complexity index is 857. The lowest BCUT2D eigenvalue weighted by molar-refractivity contribution is -0.137. The molecule has 0 saturated carbocycles. The van der Waals surface area contributed by atoms with Crippen LogP contribution in [0.1, 0.15) is 17.7 Å². The zero-order chi connectivity index (χ0) is 16.6. The quantitative estimate of drug-likeness (QED) is 0.724. The zero-order valence-corrected chi connectivity index (χ0v) is 12.4. The molecule has 0 aliphatic heterocycles. The van der Waals surface area contributed by atoms with Gasteiger partial charge in [-0.05, 0) is 31.5 Å². The zero-order valence-electron chi connectivity index (χ0n) is 12.4. The number of benzene rings is 1. The van der Waals surface area contributed by atoms with E-state index in [2.05, 4.69) is 15.3 Å². The monoisotopic (exact) mass is 324 g/mol. The molecule has 0 saturated heterocycles. The van der Waals surface area contributed by atoms with E-state index < -0.39 is 11.7 Å². The van der Waals surface area contributed by atoms with Gasteiger partial charge in [-0.2, -0.15) is 13.2 Å². The van der Waals surface area contributed by atoms with E-state index in [0.717, 1.165) is 17.8 Å². The molecule has 2 aromatic heterocycles. The summed E-state index contributed by atoms with van der Waals surface area (Å²) in [5.41, 5.74) is 1.41. The minimum Gasteiger partial charge on any atom is -0.396 e. The highest BCUT2D eigenvalue weighted by Gasteiger charge is 2.31. The Labute approximate surface area is 129 Å². The number of aryl methyl sites for hydroxylation is 1. The van der Waals surface area contributed by atoms with Crippen LogP contribution in [-0.4, -0.2) is 32.6 Å². The van der Waals surface area contributed by atoms with Crippen LogP contribution >= 0.6 is 0 Å². The van der Waals surface area contributed by atoms with Gasteiger partial charge in [-0.25, -0.2) is 9.97 Å². The van der Waals surface area contributed by atoms with Crippen molar-refractivity contribution >= 4 is 22.5 Å². The van der Waals surface area contributed by atoms with Gasteiger partial charge in [0.15, 0.2) is 11.5 Å². The highest BCUT2D eigenvalue weighted by Crippen LogP contribution is 2.32. The molecule has 0 aliphatic rings. The normalized spacial score (nSPS) is 12.2. The van der Waals surface area contributed by atoms with Gasteiger partial charge in [-0.15, -0.1) is 0 Å². The van der Waals surface area contributed by atoms with Gasteiger partial charge in [0.2, 0.25) is 0 Å². The number of nitrogens with zero attached hydrogens (tertiary/aromatic N) is 3. The van der Waals surface area contributed by atoms with Crippen LogP contribution in [0.25, 0.3) is 16.7 Å². The van der Waals surface area contributed by atoms with Gasteiger partial charge in [-0.1, -0.05) is 0 Å². The topological polar surface area (TPSA) is 62.5 Å². The van der Waals surface area contributed by atoms with E-state index in [1.165, 1.54) is 6.07 Å². The predicted octanol–water partition coefficient (Wildman–Crippen LogP) is 3.00. The summed E-state index contributed by atoms with van der Waals surface area (Å²) in [6.07, 6.45) is -2.27. The van der Waals surface area contributed by atoms with E-state index in [1.807, 2.05) is 6.92 Å². The number of nitrogens with one attached hydrogen (secondary N) is 1. The summed E-state index contributed by atoms with van der Waals surface area (Å²) in [6.45, 7) is 2.30. The van der Waals surface area contributed by atoms with Crippen LogP contribution in [0.3, 0.4) is 0 Å². The lowest BCUT2D eigenvalue weighted by Gasteiger charge is -2.12. The first kappa shape index (κ1) is 15.5. The number of aliphatic hydroxyl groups is 1. The molecule has 2 N–H and O–H groups in total. The fourth-order valence-corrected chi connectivity index (χ4v) is 2.46. The number of imidazole rings is 1. The smallest absolute Gasteiger partial charge is 0.396 e. The van der Waals surface area contributed by atoms with Crippen LogP contribution < -0.4 is 5.32 Å². The molecule has 2 heterocycles. The molecule has 0 aliphatic carbocycles. The van der Waals surface area contributed by atoms with Crippen molar-refractivity contribution in [1.29, 1.82) is 0 Å². The molecule has 122 valence electrons. The molecule has 0 fully saturated rings. The van der Waals surface area contributed by atoms with E-state index >= 15 is 0 Å². The first-order valence-electron chi connectivity index (χ1n) is 7.11. The molecule has 5 nitrogen and oxygen atoms in total. The fraction of sp³-hybridized carbons (Fsp3) is 0.333. The molecular formula is C15H15F3N4O. The summed E-state index contributed by atoms with van der Waals surface area (Å²) in [7, 11) is 0. The lowest BCUT2D eigenvalue weighted by atomic mass is 10.2. The number of aliphatic hydroxyl groups excluding tert-OH is 1. The highest BCUT2D eigenvalue weighted by atomic mass is 19.4. The molecule has 0 radical (unpaired) electrons. The van der Waals surface area contributed by atoms with Crippen LogP contribution in [0.4, 0.5) is 19.0 Å². The third kappa shape index (κ3) is 2.81. The van der Waals surface area contributed by atoms with Crippen LogP contribution in [0.15, 0.2) is 24.4 Å². The molecule has 23 heavy (non-hydrogen) atoms. The third-order valence-corrected chi connectivity index (χ3v) is 3.55. The highest BCUT2D eigenvalue weighted by molar-refractivity contribution is 5.84. The second-order valence-electron chi connectivity index (χ2n) is 5.22. The van der Waals surface area contributed by atoms with Crippen molar-refractivity contribution in [3.63, 3.8) is 0 Å². The first-order chi connectivity index (χ1) is 10.9. The number of anilines is 1. The van der Waals surface area contributed by atoms with Crippen molar-refractivity contribution in [3.8, 4) is 0 Å². The number of halogens is 3. The second-order valence-corrected chi connectivity index (χ2v) is 5.22. The molecule has 0 bridgehead atoms. The van der Waals surface area contributed by atoms with Crippen LogP contribution in [0.5, 0.6) is 0 Å². The maximum atomic E-state index is 12.9. The number of fused-ring (bicyclic) bond motifs is 3. The summed E-state index contributed by atoms with van der Waals surface area (Å²) in [6, 6.07) is 3.48. The number of hydrogen-bond donors (Lipinski definition) is 2. The summed E-state index contributed by atoms with van der Waals surface area (Å²) in [5, 5.41) is 11.9. The Balaban J connectivity index is 2.21. The average Bonchev–Trinajstić information content (AvgIpc) is 2.88. The van der Waals surface area contributed by atoms with Crippen molar-refractivity contribution < 1.29 is 18.3 Å². The molecule has 3 aromatic rings. The predicted molar refractivity (Wildman–Crippen MR) is 80.4 cm³/mol. The van der Waals surface area contributed by atoms with Crippen LogP contribution in [-0.2, 0) is 6.18 Å². The SMILES string of the molecule is Cc1cnc2c(NCCCO)nc3cc(C(F)(F)F)ccc3n12. The van der Waals surface area contributed by atoms with E-state index in [-0.39, 0.29) is 12.1 Å². The fourth-order valence-electron chi connectivity index (χ4n) is 2.46. The third-order valence-electron chi connectivity index (χ3n) is 3.55. The second kappa shape index (κ2) is 5.69. The van der Waals surface area contributed by atoms with Crippen LogP contribution in [0.2, 0.25) is 0 Å². The van der Waals surface area contributed by atoms with E-state index in [0.29, 0.717) is 29.9 Å². The van der Waals surface area contributed by atoms with E-state index in [9.17, 15) is 13.2 Å². The molecule has 3 rings (SSSR count). The maximum Gasteiger partial charge on any atom is 0.416 e. The van der Waals surface area contributed by atoms with Crippen molar-refractivity contribution in [1.82, 2.24) is 14.4 Å². The first-order valence-corrected chi connectivity index (χ1v) is 7.11. The summed E-state index contributed by atoms with van der Waals surface area (Å²) >= 11 is 0. The van der Waals surface area contributed by atoms with Crippen molar-refractivity contribution in [2.75, 3.05) is 18.5 Å². The minimum absolute atomic E-state index is 0.0164. The van der Waals surface area contributed by atoms with E-state index in [4.69, 9.17) is 5.11 Å². The Kier molecular flexibility index (Phi) is 3.85. The van der Waals surface area contributed by atoms with Gasteiger partial charge in [0.05, 0.1) is 16.6 Å². The van der Waals surface area contributed by atoms with Crippen molar-refractivity contribution in [2.24, 2.45) is 0 Å². The molecular weight excluding hydrogens is 309 g/mol. The Hall–Kier alpha value is -2.35. The number of alkyl halides is 3. The van der Waals surface area contributed by atoms with Gasteiger partial charge in [-0.3, -0.25) is 4.40 Å². The number of hydrogen-bond acceptors (Lipinski definition) is 4. The van der Waals surface area contributed by atoms with Gasteiger partial charge >= 0.3 is 6.18 Å². The van der Waals surface area contributed by atoms with Crippen LogP contribution in [0, 0.1) is 6.92 Å². The van der Waals surface area contributed by atoms with Crippen molar-refractivity contribution in [2.45, 2.75) is 19.5 Å². The van der Waals surface area contributed by atoms with Gasteiger partial charge in [0.25, 0.3) is 0 Å². The van der Waals surface area contributed by atoms with Gasteiger partial charge in [0, 0.05) is 25.0 Å². The van der Waals surface area contributed by atoms with Gasteiger partial charge in [0.1, 0.15) is 0 Å². The Morgan fingerprint density at radius 2 is 2.09 bits per heavy atom. The molecule has 0 spiro atoms. The largest absolute Gasteiger partial charge is 0.416 e. The Morgan fingerprint density at radius 1 is 1.30 bits per heavy atom. The minimum atomic E-state index is -4.42. The summed E-state index contributed by atoms with van der Waals surface area (Å²) in [5.74, 6) is 0.401. The Morgan fingerprint density at radius 3 is 2.78 bits per heavy atom. The maximum absolute atomic E-state index is 12.9. The molecule has 0 atom stereocenters. The molecule has 1 aromatic carbocycles. The number of rotatable bonds is 4. The molecule has 8 heteroatoms. The lowest BCUT2D eigenvalue weighted by Crippen LogP contribution is -2.09. The van der Waals surface area contributed by atoms with E-state index in [1.54, 1.807) is 10.6 Å². The van der Waals surface area contributed by atoms with Gasteiger partial charge < -0.3 is 10.4 Å². The van der Waals surface area contributed by atoms with Crippen molar-refractivity contribution in [3.05, 3.63) is 35.7 Å². The summed E-state index contributed by atoms with van der Waals surface area (Å²) < 4.78 is 40.5. The summed E-state index contributed by atoms with van der Waals surface area (Å²) in [4.78, 5) is 8.56. The molecule has 0 unspecified atom stereocenters. The average molecular weight is 324 g/mol.